The third kappa shape index (κ3) is 15.3. The average molecular weight is 583 g/mol. The summed E-state index contributed by atoms with van der Waals surface area (Å²) in [6, 6.07) is 9.63. The summed E-state index contributed by atoms with van der Waals surface area (Å²) in [4.78, 5) is -0.00329. The van der Waals surface area contributed by atoms with Gasteiger partial charge in [-0.25, -0.2) is 8.42 Å². The first-order valence-corrected chi connectivity index (χ1v) is 17.4. The van der Waals surface area contributed by atoms with Gasteiger partial charge in [0.05, 0.1) is 4.90 Å². The Hall–Kier alpha value is 0.246. The van der Waals surface area contributed by atoms with Gasteiger partial charge < -0.3 is 4.55 Å². The molecule has 0 saturated carbocycles. The molecule has 0 aliphatic rings. The van der Waals surface area contributed by atoms with E-state index in [1.54, 1.807) is 6.07 Å². The van der Waals surface area contributed by atoms with Crippen molar-refractivity contribution >= 4 is 20.9 Å². The first kappa shape index (κ1) is 37.3. The summed E-state index contributed by atoms with van der Waals surface area (Å²) < 4.78 is 36.5. The summed E-state index contributed by atoms with van der Waals surface area (Å²) in [5.74, 6) is 0. The minimum absolute atomic E-state index is 0. The van der Waals surface area contributed by atoms with Crippen molar-refractivity contribution < 1.29 is 64.4 Å². The van der Waals surface area contributed by atoms with E-state index in [9.17, 15) is 13.0 Å². The largest absolute Gasteiger partial charge is 1.00 e. The van der Waals surface area contributed by atoms with Crippen LogP contribution in [0.5, 0.6) is 0 Å². The molecule has 216 valence electrons. The van der Waals surface area contributed by atoms with Gasteiger partial charge in [0, 0.05) is 0 Å². The molecule has 0 aromatic heterocycles. The monoisotopic (exact) mass is 582 g/mol. The van der Waals surface area contributed by atoms with Crippen molar-refractivity contribution in [2.45, 2.75) is 160 Å². The van der Waals surface area contributed by atoms with Crippen LogP contribution in [0.3, 0.4) is 0 Å². The first-order valence-electron chi connectivity index (χ1n) is 16.0. The summed E-state index contributed by atoms with van der Waals surface area (Å²) in [5, 5.41) is 2.08. The molecular formula is C34H55KO3S. The number of hydrogen-bond acceptors (Lipinski definition) is 3. The van der Waals surface area contributed by atoms with Gasteiger partial charge in [-0.3, -0.25) is 0 Å². The zero-order chi connectivity index (χ0) is 27.5. The molecule has 0 unspecified atom stereocenters. The van der Waals surface area contributed by atoms with E-state index < -0.39 is 10.1 Å². The smallest absolute Gasteiger partial charge is 0.744 e. The van der Waals surface area contributed by atoms with Crippen molar-refractivity contribution in [3.63, 3.8) is 0 Å². The standard InChI is InChI=1S/C34H56O3S.K/c1-3-5-7-9-11-13-15-17-19-21-24-30-25-23-26-31-28-29-33(38(35,36)37)32(34(30)31)27-22-20-18-16-14-12-10-8-6-4-2;/h23,25-26,28-29H,3-22,24,27H2,1-2H3,(H,35,36,37);/q;+1/p-1. The summed E-state index contributed by atoms with van der Waals surface area (Å²) in [7, 11) is -4.50. The quantitative estimate of drug-likeness (QED) is 0.0767. The topological polar surface area (TPSA) is 57.2 Å². The number of fused-ring (bicyclic) bond motifs is 1. The van der Waals surface area contributed by atoms with Gasteiger partial charge in [-0.15, -0.1) is 0 Å². The van der Waals surface area contributed by atoms with Crippen molar-refractivity contribution in [1.29, 1.82) is 0 Å². The van der Waals surface area contributed by atoms with E-state index in [2.05, 4.69) is 32.0 Å². The second kappa shape index (κ2) is 22.8. The van der Waals surface area contributed by atoms with Crippen LogP contribution < -0.4 is 51.4 Å². The fraction of sp³-hybridized carbons (Fsp3) is 0.706. The molecule has 0 N–H and O–H groups in total. The second-order valence-corrected chi connectivity index (χ2v) is 12.7. The molecule has 39 heavy (non-hydrogen) atoms. The van der Waals surface area contributed by atoms with E-state index >= 15 is 0 Å². The Morgan fingerprint density at radius 1 is 0.564 bits per heavy atom. The maximum Gasteiger partial charge on any atom is 1.00 e. The molecule has 0 radical (unpaired) electrons. The molecule has 2 rings (SSSR count). The van der Waals surface area contributed by atoms with Gasteiger partial charge in [0.2, 0.25) is 0 Å². The van der Waals surface area contributed by atoms with E-state index in [1.165, 1.54) is 115 Å². The van der Waals surface area contributed by atoms with E-state index in [1.807, 2.05) is 6.07 Å². The normalized spacial score (nSPS) is 11.7. The van der Waals surface area contributed by atoms with Gasteiger partial charge in [0.15, 0.2) is 0 Å². The van der Waals surface area contributed by atoms with Gasteiger partial charge in [0.1, 0.15) is 10.1 Å². The molecule has 0 amide bonds. The van der Waals surface area contributed by atoms with Gasteiger partial charge in [-0.1, -0.05) is 154 Å². The fourth-order valence-electron chi connectivity index (χ4n) is 5.80. The molecule has 0 saturated heterocycles. The predicted octanol–water partition coefficient (Wildman–Crippen LogP) is 7.67. The Morgan fingerprint density at radius 3 is 1.46 bits per heavy atom. The van der Waals surface area contributed by atoms with Crippen LogP contribution in [-0.4, -0.2) is 13.0 Å². The van der Waals surface area contributed by atoms with Crippen LogP contribution in [0.2, 0.25) is 0 Å². The van der Waals surface area contributed by atoms with E-state index in [0.29, 0.717) is 6.42 Å². The molecule has 0 bridgehead atoms. The van der Waals surface area contributed by atoms with Crippen LogP contribution in [0, 0.1) is 0 Å². The molecule has 0 heterocycles. The number of rotatable bonds is 23. The Balaban J connectivity index is 0.00000760. The molecule has 3 nitrogen and oxygen atoms in total. The number of hydrogen-bond donors (Lipinski definition) is 0. The second-order valence-electron chi connectivity index (χ2n) is 11.4. The molecular weight excluding hydrogens is 528 g/mol. The first-order chi connectivity index (χ1) is 18.5. The predicted molar refractivity (Wildman–Crippen MR) is 163 cm³/mol. The number of benzene rings is 2. The van der Waals surface area contributed by atoms with Gasteiger partial charge in [0.25, 0.3) is 0 Å². The molecule has 2 aromatic rings. The Bertz CT molecular complexity index is 1000. The zero-order valence-corrected chi connectivity index (χ0v) is 29.5. The SMILES string of the molecule is CCCCCCCCCCCCc1cccc2ccc(S(=O)(=O)[O-])c(CCCCCCCCCCCC)c12.[K+]. The van der Waals surface area contributed by atoms with Crippen LogP contribution in [0.4, 0.5) is 0 Å². The van der Waals surface area contributed by atoms with E-state index in [4.69, 9.17) is 0 Å². The van der Waals surface area contributed by atoms with Crippen molar-refractivity contribution in [3.8, 4) is 0 Å². The molecule has 5 heteroatoms. The van der Waals surface area contributed by atoms with Gasteiger partial charge in [-0.05, 0) is 53.6 Å². The fourth-order valence-corrected chi connectivity index (χ4v) is 6.54. The third-order valence-electron chi connectivity index (χ3n) is 8.05. The number of aryl methyl sites for hydroxylation is 2. The minimum Gasteiger partial charge on any atom is -0.744 e. The molecule has 0 fully saturated rings. The van der Waals surface area contributed by atoms with Crippen molar-refractivity contribution in [1.82, 2.24) is 0 Å². The van der Waals surface area contributed by atoms with Crippen LogP contribution in [0.25, 0.3) is 10.8 Å². The number of unbranched alkanes of at least 4 members (excludes halogenated alkanes) is 18. The van der Waals surface area contributed by atoms with Crippen LogP contribution in [0.1, 0.15) is 153 Å². The molecule has 0 aliphatic carbocycles. The Kier molecular flexibility index (Phi) is 21.8. The summed E-state index contributed by atoms with van der Waals surface area (Å²) in [5.41, 5.74) is 1.97. The molecule has 0 aliphatic heterocycles. The van der Waals surface area contributed by atoms with E-state index in [-0.39, 0.29) is 56.3 Å². The maximum absolute atomic E-state index is 12.2. The van der Waals surface area contributed by atoms with Crippen molar-refractivity contribution in [3.05, 3.63) is 41.5 Å². The van der Waals surface area contributed by atoms with Gasteiger partial charge in [-0.2, -0.15) is 0 Å². The zero-order valence-electron chi connectivity index (χ0n) is 25.6. The van der Waals surface area contributed by atoms with Crippen LogP contribution in [0.15, 0.2) is 35.2 Å². The van der Waals surface area contributed by atoms with Crippen LogP contribution in [-0.2, 0) is 23.0 Å². The summed E-state index contributed by atoms with van der Waals surface area (Å²) in [6.45, 7) is 4.51. The Morgan fingerprint density at radius 2 is 1.00 bits per heavy atom. The average Bonchev–Trinajstić information content (AvgIpc) is 2.90. The maximum atomic E-state index is 12.2. The van der Waals surface area contributed by atoms with Gasteiger partial charge >= 0.3 is 51.4 Å². The Labute approximate surface area is 283 Å². The molecule has 0 spiro atoms. The van der Waals surface area contributed by atoms with E-state index in [0.717, 1.165) is 42.0 Å². The third-order valence-corrected chi connectivity index (χ3v) is 8.97. The molecule has 2 aromatic carbocycles. The van der Waals surface area contributed by atoms with Crippen molar-refractivity contribution in [2.75, 3.05) is 0 Å². The summed E-state index contributed by atoms with van der Waals surface area (Å²) in [6.07, 6.45) is 27.0. The van der Waals surface area contributed by atoms with Crippen molar-refractivity contribution in [2.24, 2.45) is 0 Å². The molecule has 0 atom stereocenters. The minimum atomic E-state index is -4.50. The summed E-state index contributed by atoms with van der Waals surface area (Å²) >= 11 is 0. The van der Waals surface area contributed by atoms with Crippen LogP contribution >= 0.6 is 0 Å².